The van der Waals surface area contributed by atoms with E-state index in [0.717, 1.165) is 25.7 Å². The van der Waals surface area contributed by atoms with Crippen LogP contribution in [0.1, 0.15) is 36.8 Å². The molecule has 2 aliphatic rings. The van der Waals surface area contributed by atoms with E-state index in [4.69, 9.17) is 0 Å². The zero-order valence-electron chi connectivity index (χ0n) is 12.7. The Balaban J connectivity index is 1.74. The SMILES string of the molecule is Cc1ccc(SCC(NC2CC2)(C(=O)O)C2CC2)cc1C. The molecule has 0 heterocycles. The number of carboxylic acids is 1. The molecule has 1 unspecified atom stereocenters. The lowest BCUT2D eigenvalue weighted by Crippen LogP contribution is -2.57. The van der Waals surface area contributed by atoms with Crippen molar-refractivity contribution in [1.29, 1.82) is 0 Å². The Hall–Kier alpha value is -1.00. The summed E-state index contributed by atoms with van der Waals surface area (Å²) in [5.74, 6) is 0.245. The van der Waals surface area contributed by atoms with E-state index < -0.39 is 11.5 Å². The molecule has 0 radical (unpaired) electrons. The van der Waals surface area contributed by atoms with E-state index in [1.54, 1.807) is 11.8 Å². The van der Waals surface area contributed by atoms with Crippen molar-refractivity contribution in [2.24, 2.45) is 5.92 Å². The van der Waals surface area contributed by atoms with Crippen LogP contribution in [0.4, 0.5) is 0 Å². The van der Waals surface area contributed by atoms with Crippen molar-refractivity contribution < 1.29 is 9.90 Å². The van der Waals surface area contributed by atoms with Gasteiger partial charge in [0.15, 0.2) is 0 Å². The molecule has 1 atom stereocenters. The lowest BCUT2D eigenvalue weighted by atomic mass is 9.95. The van der Waals surface area contributed by atoms with E-state index in [1.165, 1.54) is 16.0 Å². The fraction of sp³-hybridized carbons (Fsp3) is 0.588. The van der Waals surface area contributed by atoms with Crippen LogP contribution in [-0.4, -0.2) is 28.4 Å². The minimum atomic E-state index is -0.732. The van der Waals surface area contributed by atoms with Gasteiger partial charge >= 0.3 is 5.97 Å². The summed E-state index contributed by atoms with van der Waals surface area (Å²) < 4.78 is 0. The average molecular weight is 305 g/mol. The minimum Gasteiger partial charge on any atom is -0.480 e. The summed E-state index contributed by atoms with van der Waals surface area (Å²) >= 11 is 1.67. The summed E-state index contributed by atoms with van der Waals surface area (Å²) in [4.78, 5) is 13.1. The van der Waals surface area contributed by atoms with Crippen molar-refractivity contribution in [1.82, 2.24) is 5.32 Å². The van der Waals surface area contributed by atoms with Gasteiger partial charge in [0, 0.05) is 16.7 Å². The molecule has 0 amide bonds. The molecule has 3 rings (SSSR count). The average Bonchev–Trinajstić information content (AvgIpc) is 3.31. The topological polar surface area (TPSA) is 49.3 Å². The predicted molar refractivity (Wildman–Crippen MR) is 85.9 cm³/mol. The second-order valence-corrected chi connectivity index (χ2v) is 7.55. The van der Waals surface area contributed by atoms with E-state index >= 15 is 0 Å². The van der Waals surface area contributed by atoms with Crippen LogP contribution in [0.15, 0.2) is 23.1 Å². The first-order valence-corrected chi connectivity index (χ1v) is 8.71. The van der Waals surface area contributed by atoms with Crippen molar-refractivity contribution in [3.63, 3.8) is 0 Å². The van der Waals surface area contributed by atoms with Gasteiger partial charge in [-0.2, -0.15) is 0 Å². The van der Waals surface area contributed by atoms with Crippen LogP contribution in [0.2, 0.25) is 0 Å². The first-order chi connectivity index (χ1) is 10.0. The zero-order chi connectivity index (χ0) is 15.0. The van der Waals surface area contributed by atoms with Crippen LogP contribution in [-0.2, 0) is 4.79 Å². The fourth-order valence-electron chi connectivity index (χ4n) is 2.74. The normalized spacial score (nSPS) is 21.0. The molecule has 1 aromatic carbocycles. The lowest BCUT2D eigenvalue weighted by molar-refractivity contribution is -0.145. The van der Waals surface area contributed by atoms with Crippen molar-refractivity contribution in [2.75, 3.05) is 5.75 Å². The Morgan fingerprint density at radius 1 is 1.29 bits per heavy atom. The van der Waals surface area contributed by atoms with E-state index in [9.17, 15) is 9.90 Å². The van der Waals surface area contributed by atoms with Gasteiger partial charge < -0.3 is 5.11 Å². The van der Waals surface area contributed by atoms with Crippen LogP contribution in [0.25, 0.3) is 0 Å². The summed E-state index contributed by atoms with van der Waals surface area (Å²) in [6.45, 7) is 4.21. The van der Waals surface area contributed by atoms with Gasteiger partial charge in [-0.1, -0.05) is 6.07 Å². The van der Waals surface area contributed by atoms with Gasteiger partial charge in [-0.05, 0) is 68.7 Å². The number of hydrogen-bond acceptors (Lipinski definition) is 3. The molecule has 0 aliphatic heterocycles. The quantitative estimate of drug-likeness (QED) is 0.758. The second kappa shape index (κ2) is 5.65. The number of aryl methyl sites for hydroxylation is 2. The molecule has 0 bridgehead atoms. The summed E-state index contributed by atoms with van der Waals surface area (Å²) in [5.41, 5.74) is 1.81. The highest BCUT2D eigenvalue weighted by atomic mass is 32.2. The molecule has 21 heavy (non-hydrogen) atoms. The minimum absolute atomic E-state index is 0.301. The molecule has 0 saturated heterocycles. The number of carbonyl (C=O) groups is 1. The summed E-state index contributed by atoms with van der Waals surface area (Å²) in [7, 11) is 0. The van der Waals surface area contributed by atoms with Gasteiger partial charge in [0.05, 0.1) is 0 Å². The maximum absolute atomic E-state index is 11.9. The molecule has 0 aromatic heterocycles. The maximum atomic E-state index is 11.9. The number of thioether (sulfide) groups is 1. The third-order valence-corrected chi connectivity index (χ3v) is 5.83. The number of hydrogen-bond donors (Lipinski definition) is 2. The third-order valence-electron chi connectivity index (χ3n) is 4.64. The predicted octanol–water partition coefficient (Wildman–Crippen LogP) is 3.38. The summed E-state index contributed by atoms with van der Waals surface area (Å²) in [6, 6.07) is 6.80. The first-order valence-electron chi connectivity index (χ1n) is 7.72. The number of aliphatic carboxylic acids is 1. The van der Waals surface area contributed by atoms with E-state index in [2.05, 4.69) is 37.4 Å². The molecule has 4 heteroatoms. The van der Waals surface area contributed by atoms with Gasteiger partial charge in [-0.3, -0.25) is 10.1 Å². The Labute approximate surface area is 130 Å². The maximum Gasteiger partial charge on any atom is 0.325 e. The van der Waals surface area contributed by atoms with Crippen molar-refractivity contribution in [3.8, 4) is 0 Å². The second-order valence-electron chi connectivity index (χ2n) is 6.50. The molecule has 2 saturated carbocycles. The van der Waals surface area contributed by atoms with Gasteiger partial charge in [-0.25, -0.2) is 0 Å². The van der Waals surface area contributed by atoms with Crippen molar-refractivity contribution >= 4 is 17.7 Å². The van der Waals surface area contributed by atoms with E-state index in [0.29, 0.717) is 17.7 Å². The van der Waals surface area contributed by atoms with Crippen LogP contribution in [0, 0.1) is 19.8 Å². The molecule has 2 aliphatic carbocycles. The monoisotopic (exact) mass is 305 g/mol. The molecule has 2 N–H and O–H groups in total. The zero-order valence-corrected chi connectivity index (χ0v) is 13.5. The largest absolute Gasteiger partial charge is 0.480 e. The third kappa shape index (κ3) is 3.27. The van der Waals surface area contributed by atoms with E-state index in [-0.39, 0.29) is 0 Å². The Bertz CT molecular complexity index is 552. The molecule has 114 valence electrons. The smallest absolute Gasteiger partial charge is 0.325 e. The Kier molecular flexibility index (Phi) is 4.02. The molecule has 1 aromatic rings. The highest BCUT2D eigenvalue weighted by molar-refractivity contribution is 7.99. The Morgan fingerprint density at radius 2 is 2.00 bits per heavy atom. The standard InChI is InChI=1S/C17H23NO2S/c1-11-3-8-15(9-12(11)2)21-10-17(16(19)20,13-4-5-13)18-14-6-7-14/h3,8-9,13-14,18H,4-7,10H2,1-2H3,(H,19,20). The molecular weight excluding hydrogens is 282 g/mol. The van der Waals surface area contributed by atoms with Crippen LogP contribution in [0.5, 0.6) is 0 Å². The van der Waals surface area contributed by atoms with Gasteiger partial charge in [0.1, 0.15) is 5.54 Å². The lowest BCUT2D eigenvalue weighted by Gasteiger charge is -2.31. The van der Waals surface area contributed by atoms with Crippen molar-refractivity contribution in [3.05, 3.63) is 29.3 Å². The number of benzene rings is 1. The molecule has 3 nitrogen and oxygen atoms in total. The van der Waals surface area contributed by atoms with Gasteiger partial charge in [-0.15, -0.1) is 11.8 Å². The van der Waals surface area contributed by atoms with Crippen molar-refractivity contribution in [2.45, 2.75) is 56.0 Å². The number of carboxylic acid groups (broad SMARTS) is 1. The molecule has 2 fully saturated rings. The Morgan fingerprint density at radius 3 is 2.52 bits per heavy atom. The fourth-order valence-corrected chi connectivity index (χ4v) is 4.01. The van der Waals surface area contributed by atoms with Gasteiger partial charge in [0.25, 0.3) is 0 Å². The summed E-state index contributed by atoms with van der Waals surface area (Å²) in [5, 5.41) is 13.3. The van der Waals surface area contributed by atoms with E-state index in [1.807, 2.05) is 0 Å². The molecular formula is C17H23NO2S. The van der Waals surface area contributed by atoms with Gasteiger partial charge in [0.2, 0.25) is 0 Å². The highest BCUT2D eigenvalue weighted by Gasteiger charge is 2.53. The number of nitrogens with one attached hydrogen (secondary N) is 1. The highest BCUT2D eigenvalue weighted by Crippen LogP contribution is 2.44. The summed E-state index contributed by atoms with van der Waals surface area (Å²) in [6.07, 6.45) is 4.32. The number of rotatable bonds is 7. The van der Waals surface area contributed by atoms with Crippen LogP contribution < -0.4 is 5.32 Å². The van der Waals surface area contributed by atoms with Crippen LogP contribution >= 0.6 is 11.8 Å². The molecule has 0 spiro atoms. The van der Waals surface area contributed by atoms with Crippen LogP contribution in [0.3, 0.4) is 0 Å². The first kappa shape index (κ1) is 14.9.